The Morgan fingerprint density at radius 3 is 2.62 bits per heavy atom. The molecule has 0 fully saturated rings. The van der Waals surface area contributed by atoms with E-state index < -0.39 is 23.5 Å². The third-order valence-electron chi connectivity index (χ3n) is 6.66. The first-order valence-electron chi connectivity index (χ1n) is 12.3. The second kappa shape index (κ2) is 10.1. The van der Waals surface area contributed by atoms with Gasteiger partial charge in [0.2, 0.25) is 5.91 Å². The Balaban J connectivity index is 1.37. The van der Waals surface area contributed by atoms with Gasteiger partial charge in [0.15, 0.2) is 0 Å². The molecule has 39 heavy (non-hydrogen) atoms. The molecule has 4 heterocycles. The molecule has 194 valence electrons. The van der Waals surface area contributed by atoms with Crippen LogP contribution in [0.5, 0.6) is 0 Å². The molecule has 9 heteroatoms. The SMILES string of the molecule is O=C(Cc1c[nH]c2ccc(F)cc12)N[C@@H](Cc1cc(F)cc(F)c1)c1ncccc1-c1cnc2[nH]ccc2c1. The van der Waals surface area contributed by atoms with Crippen molar-refractivity contribution in [1.82, 2.24) is 25.3 Å². The van der Waals surface area contributed by atoms with E-state index in [0.29, 0.717) is 27.7 Å². The first-order chi connectivity index (χ1) is 18.9. The zero-order chi connectivity index (χ0) is 26.9. The number of hydrogen-bond acceptors (Lipinski definition) is 3. The van der Waals surface area contributed by atoms with Gasteiger partial charge in [0.1, 0.15) is 23.1 Å². The molecule has 0 saturated heterocycles. The summed E-state index contributed by atoms with van der Waals surface area (Å²) in [6, 6.07) is 14.4. The number of amides is 1. The molecule has 2 aromatic carbocycles. The molecule has 6 aromatic rings. The summed E-state index contributed by atoms with van der Waals surface area (Å²) in [7, 11) is 0. The van der Waals surface area contributed by atoms with Crippen LogP contribution in [0.25, 0.3) is 33.1 Å². The molecule has 0 radical (unpaired) electrons. The van der Waals surface area contributed by atoms with Gasteiger partial charge >= 0.3 is 0 Å². The number of rotatable bonds is 7. The number of pyridine rings is 2. The molecule has 0 bridgehead atoms. The van der Waals surface area contributed by atoms with Crippen LogP contribution in [0.2, 0.25) is 0 Å². The standard InChI is InChI=1S/C30H22F3N5O/c31-21-3-4-26-25(14-21)20(15-36-26)12-28(39)38-27(10-17-8-22(32)13-23(33)9-17)29-24(2-1-6-34-29)19-11-18-5-7-35-30(18)37-16-19/h1-9,11,13-16,27,36H,10,12H2,(H,35,37)(H,38,39)/t27-/m0/s1. The third kappa shape index (κ3) is 5.11. The van der Waals surface area contributed by atoms with Crippen LogP contribution >= 0.6 is 0 Å². The van der Waals surface area contributed by atoms with Gasteiger partial charge in [-0.1, -0.05) is 6.07 Å². The molecule has 3 N–H and O–H groups in total. The molecule has 1 amide bonds. The Labute approximate surface area is 220 Å². The summed E-state index contributed by atoms with van der Waals surface area (Å²) in [5, 5.41) is 4.51. The molecule has 0 unspecified atom stereocenters. The maximum atomic E-state index is 14.1. The number of hydrogen-bond donors (Lipinski definition) is 3. The van der Waals surface area contributed by atoms with Gasteiger partial charge in [-0.25, -0.2) is 18.2 Å². The summed E-state index contributed by atoms with van der Waals surface area (Å²) >= 11 is 0. The topological polar surface area (TPSA) is 86.5 Å². The molecule has 0 aliphatic rings. The van der Waals surface area contributed by atoms with E-state index in [1.165, 1.54) is 24.3 Å². The van der Waals surface area contributed by atoms with Gasteiger partial charge in [-0.15, -0.1) is 0 Å². The van der Waals surface area contributed by atoms with Crippen molar-refractivity contribution < 1.29 is 18.0 Å². The van der Waals surface area contributed by atoms with Gasteiger partial charge in [-0.05, 0) is 66.1 Å². The molecule has 0 aliphatic carbocycles. The summed E-state index contributed by atoms with van der Waals surface area (Å²) in [5.74, 6) is -2.17. The number of aromatic amines is 2. The summed E-state index contributed by atoms with van der Waals surface area (Å²) in [4.78, 5) is 28.5. The lowest BCUT2D eigenvalue weighted by molar-refractivity contribution is -0.121. The fourth-order valence-electron chi connectivity index (χ4n) is 4.92. The van der Waals surface area contributed by atoms with Crippen LogP contribution in [0.1, 0.15) is 22.9 Å². The highest BCUT2D eigenvalue weighted by molar-refractivity contribution is 5.89. The molecule has 6 nitrogen and oxygen atoms in total. The lowest BCUT2D eigenvalue weighted by atomic mass is 9.95. The van der Waals surface area contributed by atoms with E-state index in [2.05, 4.69) is 25.3 Å². The van der Waals surface area contributed by atoms with Crippen molar-refractivity contribution in [3.05, 3.63) is 120 Å². The van der Waals surface area contributed by atoms with Gasteiger partial charge in [-0.2, -0.15) is 0 Å². The van der Waals surface area contributed by atoms with E-state index in [0.717, 1.165) is 28.2 Å². The molecule has 0 aliphatic heterocycles. The largest absolute Gasteiger partial charge is 0.361 e. The summed E-state index contributed by atoms with van der Waals surface area (Å²) in [6.45, 7) is 0. The minimum atomic E-state index is -0.723. The quantitative estimate of drug-likeness (QED) is 0.233. The number of fused-ring (bicyclic) bond motifs is 2. The summed E-state index contributed by atoms with van der Waals surface area (Å²) in [6.07, 6.45) is 6.84. The van der Waals surface area contributed by atoms with E-state index in [1.54, 1.807) is 36.9 Å². The predicted octanol–water partition coefficient (Wildman–Crippen LogP) is 6.17. The van der Waals surface area contributed by atoms with Crippen LogP contribution in [0.3, 0.4) is 0 Å². The van der Waals surface area contributed by atoms with E-state index in [9.17, 15) is 18.0 Å². The van der Waals surface area contributed by atoms with Gasteiger partial charge in [-0.3, -0.25) is 9.78 Å². The number of nitrogens with one attached hydrogen (secondary N) is 3. The first-order valence-corrected chi connectivity index (χ1v) is 12.3. The number of carbonyl (C=O) groups excluding carboxylic acids is 1. The van der Waals surface area contributed by atoms with Crippen molar-refractivity contribution in [2.75, 3.05) is 0 Å². The Bertz CT molecular complexity index is 1810. The number of benzene rings is 2. The Kier molecular flexibility index (Phi) is 6.32. The molecular formula is C30H22F3N5O. The Hall–Kier alpha value is -4.92. The van der Waals surface area contributed by atoms with E-state index >= 15 is 0 Å². The smallest absolute Gasteiger partial charge is 0.225 e. The molecular weight excluding hydrogens is 503 g/mol. The van der Waals surface area contributed by atoms with Crippen LogP contribution in [0, 0.1) is 17.5 Å². The normalized spacial score (nSPS) is 12.2. The van der Waals surface area contributed by atoms with Crippen molar-refractivity contribution in [3.8, 4) is 11.1 Å². The van der Waals surface area contributed by atoms with Crippen molar-refractivity contribution in [1.29, 1.82) is 0 Å². The van der Waals surface area contributed by atoms with Crippen molar-refractivity contribution in [3.63, 3.8) is 0 Å². The number of carbonyl (C=O) groups is 1. The zero-order valence-electron chi connectivity index (χ0n) is 20.5. The molecule has 4 aromatic heterocycles. The Morgan fingerprint density at radius 2 is 1.77 bits per heavy atom. The second-order valence-electron chi connectivity index (χ2n) is 9.36. The van der Waals surface area contributed by atoms with E-state index in [-0.39, 0.29) is 18.7 Å². The van der Waals surface area contributed by atoms with Crippen LogP contribution in [-0.2, 0) is 17.6 Å². The number of aromatic nitrogens is 4. The number of halogens is 3. The average molecular weight is 526 g/mol. The lowest BCUT2D eigenvalue weighted by Crippen LogP contribution is -2.32. The Morgan fingerprint density at radius 1 is 0.923 bits per heavy atom. The summed E-state index contributed by atoms with van der Waals surface area (Å²) < 4.78 is 42.0. The molecule has 6 rings (SSSR count). The monoisotopic (exact) mass is 525 g/mol. The van der Waals surface area contributed by atoms with Crippen molar-refractivity contribution in [2.45, 2.75) is 18.9 Å². The lowest BCUT2D eigenvalue weighted by Gasteiger charge is -2.21. The van der Waals surface area contributed by atoms with Crippen LogP contribution in [0.15, 0.2) is 85.5 Å². The van der Waals surface area contributed by atoms with Gasteiger partial charge in [0.25, 0.3) is 0 Å². The second-order valence-corrected chi connectivity index (χ2v) is 9.36. The zero-order valence-corrected chi connectivity index (χ0v) is 20.5. The molecule has 0 spiro atoms. The highest BCUT2D eigenvalue weighted by Gasteiger charge is 2.22. The van der Waals surface area contributed by atoms with Crippen LogP contribution in [0.4, 0.5) is 13.2 Å². The summed E-state index contributed by atoms with van der Waals surface area (Å²) in [5.41, 5.74) is 4.47. The van der Waals surface area contributed by atoms with Gasteiger partial charge in [0.05, 0.1) is 18.2 Å². The van der Waals surface area contributed by atoms with Crippen LogP contribution < -0.4 is 5.32 Å². The maximum absolute atomic E-state index is 14.1. The highest BCUT2D eigenvalue weighted by atomic mass is 19.1. The third-order valence-corrected chi connectivity index (χ3v) is 6.66. The van der Waals surface area contributed by atoms with Gasteiger partial charge in [0, 0.05) is 58.3 Å². The number of H-pyrrole nitrogens is 2. The minimum Gasteiger partial charge on any atom is -0.361 e. The highest BCUT2D eigenvalue weighted by Crippen LogP contribution is 2.30. The van der Waals surface area contributed by atoms with Crippen molar-refractivity contribution in [2.24, 2.45) is 0 Å². The van der Waals surface area contributed by atoms with E-state index in [4.69, 9.17) is 0 Å². The number of nitrogens with zero attached hydrogens (tertiary/aromatic N) is 2. The van der Waals surface area contributed by atoms with Crippen LogP contribution in [-0.4, -0.2) is 25.8 Å². The minimum absolute atomic E-state index is 0.0313. The van der Waals surface area contributed by atoms with E-state index in [1.807, 2.05) is 18.2 Å². The fourth-order valence-corrected chi connectivity index (χ4v) is 4.92. The molecule has 1 atom stereocenters. The maximum Gasteiger partial charge on any atom is 0.225 e. The fraction of sp³-hybridized carbons (Fsp3) is 0.100. The predicted molar refractivity (Wildman–Crippen MR) is 142 cm³/mol. The van der Waals surface area contributed by atoms with Crippen molar-refractivity contribution >= 4 is 27.8 Å². The first kappa shape index (κ1) is 24.4. The average Bonchev–Trinajstić information content (AvgIpc) is 3.54. The van der Waals surface area contributed by atoms with Gasteiger partial charge < -0.3 is 15.3 Å². The molecule has 0 saturated carbocycles.